The predicted molar refractivity (Wildman–Crippen MR) is 75.4 cm³/mol. The molecule has 0 bridgehead atoms. The molecule has 0 radical (unpaired) electrons. The Kier molecular flexibility index (Phi) is 6.78. The number of hydrogen-bond donors (Lipinski definition) is 1. The van der Waals surface area contributed by atoms with Crippen molar-refractivity contribution in [1.82, 2.24) is 10.2 Å². The summed E-state index contributed by atoms with van der Waals surface area (Å²) in [5.41, 5.74) is 0. The number of methoxy groups -OCH3 is 1. The molecule has 2 unspecified atom stereocenters. The maximum Gasteiger partial charge on any atom is 0.409 e. The Morgan fingerprint density at radius 1 is 1.30 bits per heavy atom. The third-order valence-corrected chi connectivity index (χ3v) is 3.84. The van der Waals surface area contributed by atoms with E-state index in [0.29, 0.717) is 25.7 Å². The number of rotatable bonds is 5. The molecule has 1 rings (SSSR count). The number of nitrogens with one attached hydrogen (secondary N) is 1. The summed E-state index contributed by atoms with van der Waals surface area (Å²) in [4.78, 5) is 24.8. The first-order chi connectivity index (χ1) is 9.49. The van der Waals surface area contributed by atoms with Gasteiger partial charge in [-0.05, 0) is 26.7 Å². The fourth-order valence-electron chi connectivity index (χ4n) is 2.35. The Balaban J connectivity index is 2.35. The van der Waals surface area contributed by atoms with Crippen LogP contribution >= 0.6 is 0 Å². The molecule has 0 spiro atoms. The van der Waals surface area contributed by atoms with E-state index >= 15 is 0 Å². The number of hydrogen-bond acceptors (Lipinski definition) is 5. The van der Waals surface area contributed by atoms with E-state index in [4.69, 9.17) is 9.47 Å². The van der Waals surface area contributed by atoms with Crippen LogP contribution in [0.4, 0.5) is 4.79 Å². The molecule has 6 heteroatoms. The van der Waals surface area contributed by atoms with Crippen LogP contribution in [0.5, 0.6) is 0 Å². The van der Waals surface area contributed by atoms with Crippen molar-refractivity contribution < 1.29 is 19.1 Å². The number of piperidine rings is 1. The van der Waals surface area contributed by atoms with Crippen molar-refractivity contribution in [2.75, 3.05) is 26.8 Å². The maximum absolute atomic E-state index is 11.6. The molecule has 6 nitrogen and oxygen atoms in total. The second-order valence-electron chi connectivity index (χ2n) is 5.23. The van der Waals surface area contributed by atoms with E-state index in [1.807, 2.05) is 20.8 Å². The maximum atomic E-state index is 11.6. The lowest BCUT2D eigenvalue weighted by molar-refractivity contribution is -0.145. The van der Waals surface area contributed by atoms with Gasteiger partial charge in [-0.25, -0.2) is 4.79 Å². The predicted octanol–water partition coefficient (Wildman–Crippen LogP) is 1.39. The molecular formula is C14H26N2O4. The van der Waals surface area contributed by atoms with Crippen LogP contribution in [-0.4, -0.2) is 55.9 Å². The zero-order valence-electron chi connectivity index (χ0n) is 12.8. The fourth-order valence-corrected chi connectivity index (χ4v) is 2.35. The highest BCUT2D eigenvalue weighted by molar-refractivity contribution is 5.72. The van der Waals surface area contributed by atoms with Crippen LogP contribution in [0.1, 0.15) is 33.6 Å². The van der Waals surface area contributed by atoms with Crippen LogP contribution in [0.25, 0.3) is 0 Å². The number of likely N-dealkylation sites (tertiary alicyclic amines) is 1. The van der Waals surface area contributed by atoms with Gasteiger partial charge >= 0.3 is 12.1 Å². The summed E-state index contributed by atoms with van der Waals surface area (Å²) in [7, 11) is 1.41. The van der Waals surface area contributed by atoms with E-state index in [1.54, 1.807) is 4.90 Å². The van der Waals surface area contributed by atoms with E-state index in [0.717, 1.165) is 12.8 Å². The SMILES string of the molecule is CCOC(=O)N1CCC(NC(C)C(C)C(=O)OC)CC1. The van der Waals surface area contributed by atoms with Crippen molar-refractivity contribution in [2.45, 2.75) is 45.7 Å². The second kappa shape index (κ2) is 8.09. The van der Waals surface area contributed by atoms with E-state index in [2.05, 4.69) is 5.32 Å². The molecule has 1 aliphatic rings. The monoisotopic (exact) mass is 286 g/mol. The third kappa shape index (κ3) is 4.67. The van der Waals surface area contributed by atoms with Gasteiger partial charge in [0, 0.05) is 25.2 Å². The molecule has 1 saturated heterocycles. The minimum Gasteiger partial charge on any atom is -0.469 e. The van der Waals surface area contributed by atoms with Crippen molar-refractivity contribution in [3.8, 4) is 0 Å². The summed E-state index contributed by atoms with van der Waals surface area (Å²) in [5, 5.41) is 3.45. The summed E-state index contributed by atoms with van der Waals surface area (Å²) in [6.07, 6.45) is 1.51. The second-order valence-corrected chi connectivity index (χ2v) is 5.23. The van der Waals surface area contributed by atoms with Gasteiger partial charge in [-0.1, -0.05) is 6.92 Å². The van der Waals surface area contributed by atoms with Crippen LogP contribution in [0, 0.1) is 5.92 Å². The van der Waals surface area contributed by atoms with Gasteiger partial charge in [-0.15, -0.1) is 0 Å². The molecular weight excluding hydrogens is 260 g/mol. The smallest absolute Gasteiger partial charge is 0.409 e. The molecule has 116 valence electrons. The summed E-state index contributed by atoms with van der Waals surface area (Å²) in [6.45, 7) is 7.44. The fraction of sp³-hybridized carbons (Fsp3) is 0.857. The molecule has 0 saturated carbocycles. The third-order valence-electron chi connectivity index (χ3n) is 3.84. The minimum absolute atomic E-state index is 0.0570. The molecule has 1 amide bonds. The van der Waals surface area contributed by atoms with Gasteiger partial charge in [0.05, 0.1) is 19.6 Å². The topological polar surface area (TPSA) is 67.9 Å². The van der Waals surface area contributed by atoms with E-state index in [-0.39, 0.29) is 24.0 Å². The Morgan fingerprint density at radius 2 is 1.90 bits per heavy atom. The Morgan fingerprint density at radius 3 is 2.40 bits per heavy atom. The Labute approximate surface area is 120 Å². The molecule has 2 atom stereocenters. The lowest BCUT2D eigenvalue weighted by atomic mass is 9.99. The number of esters is 1. The Hall–Kier alpha value is -1.30. The first kappa shape index (κ1) is 16.8. The van der Waals surface area contributed by atoms with Crippen LogP contribution in [0.3, 0.4) is 0 Å². The highest BCUT2D eigenvalue weighted by Gasteiger charge is 2.27. The number of amides is 1. The van der Waals surface area contributed by atoms with E-state index in [1.165, 1.54) is 7.11 Å². The number of carbonyl (C=O) groups excluding carboxylic acids is 2. The van der Waals surface area contributed by atoms with Gasteiger partial charge in [-0.2, -0.15) is 0 Å². The standard InChI is InChI=1S/C14H26N2O4/c1-5-20-14(18)16-8-6-12(7-9-16)15-11(3)10(2)13(17)19-4/h10-12,15H,5-9H2,1-4H3. The quantitative estimate of drug-likeness (QED) is 0.774. The molecule has 1 aliphatic heterocycles. The van der Waals surface area contributed by atoms with Crippen molar-refractivity contribution in [3.63, 3.8) is 0 Å². The highest BCUT2D eigenvalue weighted by Crippen LogP contribution is 2.14. The zero-order valence-corrected chi connectivity index (χ0v) is 12.8. The van der Waals surface area contributed by atoms with Gasteiger partial charge in [0.2, 0.25) is 0 Å². The molecule has 0 aromatic rings. The van der Waals surface area contributed by atoms with Crippen LogP contribution in [-0.2, 0) is 14.3 Å². The Bertz CT molecular complexity index is 327. The van der Waals surface area contributed by atoms with Gasteiger partial charge in [0.25, 0.3) is 0 Å². The number of nitrogens with zero attached hydrogens (tertiary/aromatic N) is 1. The van der Waals surface area contributed by atoms with E-state index < -0.39 is 0 Å². The first-order valence-corrected chi connectivity index (χ1v) is 7.25. The molecule has 1 N–H and O–H groups in total. The summed E-state index contributed by atoms with van der Waals surface area (Å²) >= 11 is 0. The first-order valence-electron chi connectivity index (χ1n) is 7.25. The van der Waals surface area contributed by atoms with Crippen LogP contribution < -0.4 is 5.32 Å². The molecule has 0 aromatic carbocycles. The molecule has 1 fully saturated rings. The average Bonchev–Trinajstić information content (AvgIpc) is 2.46. The average molecular weight is 286 g/mol. The number of ether oxygens (including phenoxy) is 2. The van der Waals surface area contributed by atoms with Crippen LogP contribution in [0.15, 0.2) is 0 Å². The summed E-state index contributed by atoms with van der Waals surface area (Å²) < 4.78 is 9.74. The minimum atomic E-state index is -0.234. The molecule has 0 aliphatic carbocycles. The van der Waals surface area contributed by atoms with Gasteiger partial charge < -0.3 is 19.7 Å². The lowest BCUT2D eigenvalue weighted by Crippen LogP contribution is -2.49. The van der Waals surface area contributed by atoms with E-state index in [9.17, 15) is 9.59 Å². The lowest BCUT2D eigenvalue weighted by Gasteiger charge is -2.34. The largest absolute Gasteiger partial charge is 0.469 e. The van der Waals surface area contributed by atoms with Gasteiger partial charge in [0.1, 0.15) is 0 Å². The van der Waals surface area contributed by atoms with Crippen molar-refractivity contribution >= 4 is 12.1 Å². The summed E-state index contributed by atoms with van der Waals surface area (Å²) in [6, 6.07) is 0.379. The summed E-state index contributed by atoms with van der Waals surface area (Å²) in [5.74, 6) is -0.378. The molecule has 0 aromatic heterocycles. The van der Waals surface area contributed by atoms with Gasteiger partial charge in [-0.3, -0.25) is 4.79 Å². The van der Waals surface area contributed by atoms with Crippen molar-refractivity contribution in [1.29, 1.82) is 0 Å². The van der Waals surface area contributed by atoms with Crippen molar-refractivity contribution in [3.05, 3.63) is 0 Å². The zero-order chi connectivity index (χ0) is 15.1. The number of carbonyl (C=O) groups is 2. The van der Waals surface area contributed by atoms with Gasteiger partial charge in [0.15, 0.2) is 0 Å². The highest BCUT2D eigenvalue weighted by atomic mass is 16.6. The molecule has 1 heterocycles. The van der Waals surface area contributed by atoms with Crippen LogP contribution in [0.2, 0.25) is 0 Å². The molecule has 20 heavy (non-hydrogen) atoms. The van der Waals surface area contributed by atoms with Crippen molar-refractivity contribution in [2.24, 2.45) is 5.92 Å². The normalized spacial score (nSPS) is 19.3.